The number of nitrogens with zero attached hydrogens (tertiary/aromatic N) is 4. The summed E-state index contributed by atoms with van der Waals surface area (Å²) in [4.78, 5) is 4.99. The summed E-state index contributed by atoms with van der Waals surface area (Å²) < 4.78 is 242. The van der Waals surface area contributed by atoms with E-state index in [0.717, 1.165) is 49.6 Å². The van der Waals surface area contributed by atoms with Crippen molar-refractivity contribution in [1.82, 2.24) is 14.1 Å². The minimum absolute atomic E-state index is 0.136. The predicted octanol–water partition coefficient (Wildman–Crippen LogP) is 22.8. The molecule has 0 saturated carbocycles. The van der Waals surface area contributed by atoms with Crippen LogP contribution in [0.5, 0.6) is 11.5 Å². The largest absolute Gasteiger partial charge is 0.458 e. The Kier molecular flexibility index (Phi) is 8.74. The Bertz CT molecular complexity index is 6350. The molecule has 4 aromatic heterocycles. The van der Waals surface area contributed by atoms with Gasteiger partial charge in [0.15, 0.2) is 0 Å². The molecular formula is C86H80N4O2. The highest BCUT2D eigenvalue weighted by molar-refractivity contribution is 6.11. The van der Waals surface area contributed by atoms with Gasteiger partial charge in [0.1, 0.15) is 28.5 Å². The van der Waals surface area contributed by atoms with Gasteiger partial charge >= 0.3 is 0 Å². The van der Waals surface area contributed by atoms with Gasteiger partial charge in [0, 0.05) is 55.7 Å². The van der Waals surface area contributed by atoms with Crippen molar-refractivity contribution in [1.29, 1.82) is 0 Å². The number of imidazole rings is 1. The SMILES string of the molecule is [2H]c1c([2H])c([2H])c(-c2cccc(-c3c([2H])c([2H])c4c(c3[2H])C(C([2H])([2H])[2H])(C([2H])([2H])[2H])C([2H])([2H])C([2H])([2H])C4(C([2H])([2H])[2H])C([2H])([2H])[2H])c2-[n+]2[c-]n(-c3cccc(Oc4ccc5c6cc(-c7cc(C(C)(C)C)cc(C(C)(C)C)c7)ccc6n(-c6cc(C(C)(C)C)ccn6)c5c4)c3)c3cc4oc5cc(-c6ccccc6)ccc5c4cc32)c([2H])c1[2H]. The molecule has 6 heteroatoms. The van der Waals surface area contributed by atoms with E-state index in [0.29, 0.717) is 39.2 Å². The molecule has 0 spiro atoms. The van der Waals surface area contributed by atoms with Crippen LogP contribution in [0.15, 0.2) is 229 Å². The lowest BCUT2D eigenvalue weighted by Gasteiger charge is -2.42. The lowest BCUT2D eigenvalue weighted by atomic mass is 9.63. The number of fused-ring (bicyclic) bond motifs is 8. The molecule has 0 fully saturated rings. The van der Waals surface area contributed by atoms with Gasteiger partial charge in [-0.1, -0.05) is 223 Å². The zero-order chi connectivity index (χ0) is 84.4. The normalized spacial score (nSPS) is 19.7. The lowest BCUT2D eigenvalue weighted by Crippen LogP contribution is -2.34. The molecule has 1 aliphatic rings. The lowest BCUT2D eigenvalue weighted by molar-refractivity contribution is -0.571. The smallest absolute Gasteiger partial charge is 0.269 e. The zero-order valence-corrected chi connectivity index (χ0v) is 52.3. The summed E-state index contributed by atoms with van der Waals surface area (Å²) in [5.74, 6) is 1.36. The molecule has 0 saturated heterocycles. The second-order valence-electron chi connectivity index (χ2n) is 27.0. The van der Waals surface area contributed by atoms with Crippen molar-refractivity contribution in [3.05, 3.63) is 259 Å². The van der Waals surface area contributed by atoms with E-state index in [1.807, 2.05) is 72.8 Å². The second kappa shape index (κ2) is 21.4. The predicted molar refractivity (Wildman–Crippen MR) is 383 cm³/mol. The van der Waals surface area contributed by atoms with E-state index in [2.05, 4.69) is 116 Å². The minimum Gasteiger partial charge on any atom is -0.458 e. The molecule has 14 aromatic rings. The van der Waals surface area contributed by atoms with Crippen LogP contribution in [0.2, 0.25) is 0 Å². The number of pyridine rings is 1. The standard InChI is InChI=1S/C86H80N4O2/c1-82(2,3)60-38-41-87-80(48-60)90-74-37-32-56(59-42-61(83(4,5)6)47-62(43-59)84(7,8)9)44-70(74)68-35-33-65(50-75(68)90)91-64-27-20-26-63(49-64)88-53-89(76-51-71-69-34-30-57(54-22-16-14-17-23-54)46-78(69)92-79(71)52-77(76)88)81-66(55-24-18-15-19-25-55)28-21-29-67(81)58-31-36-72-73(45-58)86(12,13)40-39-85(72,10)11/h14-38,41-52H,39-40H2,1-13H3/i10D3,11D3,12D3,13D3,15D,18D,19D,24D,25D,31D,36D,39D2,40D2,45D. The van der Waals surface area contributed by atoms with Crippen molar-refractivity contribution < 1.29 is 46.6 Å². The molecule has 6 nitrogen and oxygen atoms in total. The summed E-state index contributed by atoms with van der Waals surface area (Å²) >= 11 is 0. The minimum atomic E-state index is -4.66. The Hall–Kier alpha value is -9.78. The Balaban J connectivity index is 1.01. The van der Waals surface area contributed by atoms with E-state index < -0.39 is 127 Å². The van der Waals surface area contributed by atoms with Gasteiger partial charge in [0.2, 0.25) is 0 Å². The summed E-state index contributed by atoms with van der Waals surface area (Å²) in [7, 11) is 0. The van der Waals surface area contributed by atoms with Crippen LogP contribution in [-0.4, -0.2) is 14.1 Å². The van der Waals surface area contributed by atoms with Crippen LogP contribution in [0.25, 0.3) is 116 Å². The first-order valence-electron chi connectivity index (χ1n) is 42.6. The second-order valence-corrected chi connectivity index (χ2v) is 27.0. The molecule has 0 aliphatic heterocycles. The Morgan fingerprint density at radius 3 is 1.92 bits per heavy atom. The van der Waals surface area contributed by atoms with E-state index in [1.165, 1.54) is 33.9 Å². The van der Waals surface area contributed by atoms with Gasteiger partial charge in [-0.25, -0.2) is 4.98 Å². The molecule has 0 atom stereocenters. The van der Waals surface area contributed by atoms with E-state index in [9.17, 15) is 12.3 Å². The molecule has 0 amide bonds. The molecule has 10 aromatic carbocycles. The van der Waals surface area contributed by atoms with Crippen LogP contribution in [-0.2, 0) is 27.1 Å². The van der Waals surface area contributed by atoms with Crippen LogP contribution in [0, 0.1) is 6.33 Å². The highest BCUT2D eigenvalue weighted by Gasteiger charge is 2.37. The average Bonchev–Trinajstić information content (AvgIpc) is 0.682. The molecular weight excluding hydrogens is 1120 g/mol. The van der Waals surface area contributed by atoms with Gasteiger partial charge in [-0.3, -0.25) is 13.7 Å². The molecule has 1 aliphatic carbocycles. The van der Waals surface area contributed by atoms with Crippen LogP contribution in [0.1, 0.15) is 163 Å². The zero-order valence-electron chi connectivity index (χ0n) is 76.3. The monoisotopic (exact) mass is 1220 g/mol. The van der Waals surface area contributed by atoms with E-state index in [1.54, 1.807) is 47.2 Å². The van der Waals surface area contributed by atoms with Crippen molar-refractivity contribution in [2.24, 2.45) is 0 Å². The molecule has 0 unspecified atom stereocenters. The van der Waals surface area contributed by atoms with E-state index in [4.69, 9.17) is 34.7 Å². The Morgan fingerprint density at radius 1 is 0.511 bits per heavy atom. The Labute approximate surface area is 575 Å². The molecule has 4 heterocycles. The van der Waals surface area contributed by atoms with Crippen LogP contribution < -0.4 is 9.30 Å². The maximum absolute atomic E-state index is 10.5. The highest BCUT2D eigenvalue weighted by atomic mass is 16.5. The third-order valence-corrected chi connectivity index (χ3v) is 17.5. The van der Waals surface area contributed by atoms with Crippen molar-refractivity contribution in [3.8, 4) is 73.2 Å². The molecule has 456 valence electrons. The van der Waals surface area contributed by atoms with Crippen molar-refractivity contribution >= 4 is 54.8 Å². The number of hydrogen-bond acceptors (Lipinski definition) is 3. The molecule has 0 N–H and O–H groups in total. The third kappa shape index (κ3) is 10.3. The molecule has 15 rings (SSSR count). The van der Waals surface area contributed by atoms with Crippen LogP contribution >= 0.6 is 0 Å². The first-order chi connectivity index (χ1) is 53.8. The summed E-state index contributed by atoms with van der Waals surface area (Å²) in [5.41, 5.74) is -5.21. The van der Waals surface area contributed by atoms with E-state index in [-0.39, 0.29) is 44.3 Å². The summed E-state index contributed by atoms with van der Waals surface area (Å²) in [6.07, 6.45) is -4.08. The van der Waals surface area contributed by atoms with Crippen LogP contribution in [0.4, 0.5) is 0 Å². The fourth-order valence-corrected chi connectivity index (χ4v) is 12.5. The van der Waals surface area contributed by atoms with Gasteiger partial charge < -0.3 is 9.15 Å². The summed E-state index contributed by atoms with van der Waals surface area (Å²) in [6.45, 7) is 2.21. The molecule has 0 radical (unpaired) electrons. The maximum Gasteiger partial charge on any atom is 0.269 e. The van der Waals surface area contributed by atoms with Crippen molar-refractivity contribution in [3.63, 3.8) is 0 Å². The number of benzene rings is 10. The number of para-hydroxylation sites is 1. The summed E-state index contributed by atoms with van der Waals surface area (Å²) in [6, 6.07) is 43.9. The van der Waals surface area contributed by atoms with Crippen LogP contribution in [0.3, 0.4) is 0 Å². The summed E-state index contributed by atoms with van der Waals surface area (Å²) in [5, 5.41) is 2.91. The number of aromatic nitrogens is 4. The first kappa shape index (κ1) is 37.5. The average molecular weight is 1230 g/mol. The van der Waals surface area contributed by atoms with E-state index >= 15 is 0 Å². The Morgan fingerprint density at radius 2 is 1.18 bits per heavy atom. The van der Waals surface area contributed by atoms with Gasteiger partial charge in [-0.2, -0.15) is 0 Å². The number of ether oxygens (including phenoxy) is 1. The van der Waals surface area contributed by atoms with Gasteiger partial charge in [-0.05, 0) is 191 Å². The quantitative estimate of drug-likeness (QED) is 0.107. The highest BCUT2D eigenvalue weighted by Crippen LogP contribution is 2.49. The molecule has 0 bridgehead atoms. The van der Waals surface area contributed by atoms with Gasteiger partial charge in [0.25, 0.3) is 6.33 Å². The van der Waals surface area contributed by atoms with Crippen molar-refractivity contribution in [2.75, 3.05) is 0 Å². The third-order valence-electron chi connectivity index (χ3n) is 17.5. The topological polar surface area (TPSA) is 49.0 Å². The fraction of sp³-hybridized carbons (Fsp3) is 0.233. The van der Waals surface area contributed by atoms with Gasteiger partial charge in [-0.15, -0.1) is 0 Å². The number of rotatable bonds is 9. The maximum atomic E-state index is 10.5. The molecule has 92 heavy (non-hydrogen) atoms. The number of hydrogen-bond donors (Lipinski definition) is 0. The number of furan rings is 1. The van der Waals surface area contributed by atoms with Crippen molar-refractivity contribution in [2.45, 2.75) is 130 Å². The fourth-order valence-electron chi connectivity index (χ4n) is 12.5. The van der Waals surface area contributed by atoms with Gasteiger partial charge in [0.05, 0.1) is 44.4 Å². The first-order valence-corrected chi connectivity index (χ1v) is 30.6.